The normalized spacial score (nSPS) is 9.60. The molecule has 0 fully saturated rings. The molecular weight excluding hydrogens is 2220 g/mol. The zero-order valence-electron chi connectivity index (χ0n) is 80.2. The number of ketones is 1. The minimum atomic E-state index is -0.322. The first-order valence-corrected chi connectivity index (χ1v) is 51.9. The Labute approximate surface area is 869 Å². The Morgan fingerprint density at radius 1 is 0.185 bits per heavy atom. The van der Waals surface area contributed by atoms with Gasteiger partial charge in [0.05, 0.1) is 94.7 Å². The van der Waals surface area contributed by atoms with Crippen LogP contribution >= 0.6 is 127 Å². The number of esters is 7. The predicted octanol–water partition coefficient (Wildman–Crippen LogP) is 28.0. The van der Waals surface area contributed by atoms with Crippen molar-refractivity contribution in [1.29, 1.82) is 0 Å². The van der Waals surface area contributed by atoms with Gasteiger partial charge in [0.15, 0.2) is 0 Å². The number of hydrogen-bond donors (Lipinski definition) is 0. The molecule has 0 radical (unpaired) electrons. The van der Waals surface area contributed by atoms with Gasteiger partial charge in [-0.15, -0.1) is 0 Å². The molecule has 0 heterocycles. The van der Waals surface area contributed by atoms with Gasteiger partial charge in [-0.05, 0) is 174 Å². The van der Waals surface area contributed by atoms with E-state index < -0.39 is 0 Å². The largest absolute Gasteiger partial charge is 0.469 e. The van der Waals surface area contributed by atoms with Crippen LogP contribution in [0.25, 0.3) is 0 Å². The van der Waals surface area contributed by atoms with Crippen LogP contribution in [0.1, 0.15) is 140 Å². The van der Waals surface area contributed by atoms with Crippen LogP contribution in [0.15, 0.2) is 291 Å². The molecule has 0 bridgehead atoms. The van der Waals surface area contributed by atoms with Crippen LogP contribution in [-0.2, 0) is 166 Å². The fourth-order valence-corrected chi connectivity index (χ4v) is 14.9. The number of rotatable bonds is 24. The lowest BCUT2D eigenvalue weighted by Gasteiger charge is -2.07. The van der Waals surface area contributed by atoms with Crippen molar-refractivity contribution in [2.45, 2.75) is 156 Å². The molecule has 0 N–H and O–H groups in total. The molecule has 12 rings (SSSR count). The minimum Gasteiger partial charge on any atom is -0.469 e. The molecule has 15 nitrogen and oxygen atoms in total. The summed E-state index contributed by atoms with van der Waals surface area (Å²) >= 11 is 27.3. The zero-order valence-corrected chi connectivity index (χ0v) is 92.9. The van der Waals surface area contributed by atoms with Crippen LogP contribution in [0.2, 0.25) is 0 Å². The summed E-state index contributed by atoms with van der Waals surface area (Å²) in [5.74, 6) is -2.00. The molecule has 0 saturated carbocycles. The molecule has 0 atom stereocenters. The molecule has 722 valence electrons. The topological polar surface area (TPSA) is 201 Å². The third kappa shape index (κ3) is 58.6. The van der Waals surface area contributed by atoms with Crippen molar-refractivity contribution in [3.8, 4) is 0 Å². The highest BCUT2D eigenvalue weighted by Crippen LogP contribution is 2.20. The van der Waals surface area contributed by atoms with E-state index in [4.69, 9.17) is 0 Å². The second-order valence-corrected chi connectivity index (χ2v) is 34.5. The SMILES string of the molecule is BrCc1ccc(CBr)cc1.BrCc1cccc(CBr)c1.BrCc1ccccc1CBr.BrCc1ccccc1CBr.COC(=O)Cc1ccc(CC(C)=O)cc1.COC(=O)Cc1cccc(CC(=O)OC)c1.COC(=O)Cc1ccccc1CC(=O)OC.COC(=O)Cc1ccccc1CC(=O)OC.Cc1ccc(C)cc1.Cc1cccc(C)c1.Cc1ccccc1C.Cc1ccccc1C. The van der Waals surface area contributed by atoms with Gasteiger partial charge < -0.3 is 33.2 Å². The van der Waals surface area contributed by atoms with Crippen LogP contribution in [0, 0.1) is 55.4 Å². The molecule has 0 amide bonds. The van der Waals surface area contributed by atoms with Crippen LogP contribution < -0.4 is 0 Å². The maximum absolute atomic E-state index is 11.2. The fraction of sp³-hybridized carbons (Fsp3) is 0.286. The molecule has 12 aromatic carbocycles. The van der Waals surface area contributed by atoms with E-state index in [-0.39, 0.29) is 92.5 Å². The van der Waals surface area contributed by atoms with Crippen LogP contribution in [0.4, 0.5) is 0 Å². The number of ether oxygens (including phenoxy) is 7. The van der Waals surface area contributed by atoms with Gasteiger partial charge in [0.2, 0.25) is 0 Å². The minimum absolute atomic E-state index is 0.135. The summed E-state index contributed by atoms with van der Waals surface area (Å²) in [7, 11) is 9.42. The van der Waals surface area contributed by atoms with Crippen molar-refractivity contribution < 1.29 is 71.5 Å². The van der Waals surface area contributed by atoms with Crippen molar-refractivity contribution in [2.75, 3.05) is 49.8 Å². The van der Waals surface area contributed by atoms with Gasteiger partial charge in [0.1, 0.15) is 5.78 Å². The number of carbonyl (C=O) groups excluding carboxylic acids is 8. The van der Waals surface area contributed by atoms with Gasteiger partial charge in [0.25, 0.3) is 0 Å². The first-order valence-electron chi connectivity index (χ1n) is 42.9. The van der Waals surface area contributed by atoms with E-state index in [2.05, 4.69) is 410 Å². The highest BCUT2D eigenvalue weighted by atomic mass is 79.9. The Hall–Kier alpha value is -9.56. The fourth-order valence-electron chi connectivity index (χ4n) is 11.3. The van der Waals surface area contributed by atoms with Crippen molar-refractivity contribution >= 4 is 175 Å². The zero-order chi connectivity index (χ0) is 101. The molecule has 0 unspecified atom stereocenters. The molecule has 0 saturated heterocycles. The summed E-state index contributed by atoms with van der Waals surface area (Å²) < 4.78 is 32.0. The van der Waals surface area contributed by atoms with E-state index in [1.165, 1.54) is 139 Å². The number of Topliss-reactive ketones (excluding diaryl/α,β-unsaturated/α-hetero) is 1. The molecular formula is C112H128Br8O15. The number of methoxy groups -OCH3 is 7. The molecule has 12 aromatic rings. The van der Waals surface area contributed by atoms with E-state index in [0.717, 1.165) is 87.1 Å². The van der Waals surface area contributed by atoms with Crippen molar-refractivity contribution in [2.24, 2.45) is 0 Å². The first-order chi connectivity index (χ1) is 64.8. The summed E-state index contributed by atoms with van der Waals surface area (Å²) in [5.41, 5.74) is 28.2. The second-order valence-electron chi connectivity index (χ2n) is 30.0. The van der Waals surface area contributed by atoms with Crippen LogP contribution in [0.3, 0.4) is 0 Å². The van der Waals surface area contributed by atoms with Gasteiger partial charge in [-0.2, -0.15) is 0 Å². The summed E-state index contributed by atoms with van der Waals surface area (Å²) in [5, 5.41) is 7.51. The Balaban J connectivity index is 0.000000743. The Morgan fingerprint density at radius 3 is 0.600 bits per heavy atom. The number of aryl methyl sites for hydroxylation is 8. The number of alkyl halides is 8. The molecule has 0 aliphatic heterocycles. The molecule has 23 heteroatoms. The molecule has 0 aliphatic rings. The summed E-state index contributed by atoms with van der Waals surface area (Å²) in [6.45, 7) is 18.4. The monoisotopic (exact) mass is 2340 g/mol. The number of carbonyl (C=O) groups is 8. The van der Waals surface area contributed by atoms with Gasteiger partial charge in [0, 0.05) is 49.1 Å². The van der Waals surface area contributed by atoms with E-state index in [0.29, 0.717) is 6.42 Å². The Morgan fingerprint density at radius 2 is 0.385 bits per heavy atom. The third-order valence-electron chi connectivity index (χ3n) is 19.4. The maximum atomic E-state index is 11.2. The maximum Gasteiger partial charge on any atom is 0.309 e. The Kier molecular flexibility index (Phi) is 70.0. The van der Waals surface area contributed by atoms with Gasteiger partial charge in [-0.1, -0.05) is 441 Å². The lowest BCUT2D eigenvalue weighted by Crippen LogP contribution is -2.10. The summed E-state index contributed by atoms with van der Waals surface area (Å²) in [4.78, 5) is 88.5. The van der Waals surface area contributed by atoms with E-state index in [1.54, 1.807) is 43.3 Å². The van der Waals surface area contributed by atoms with Crippen molar-refractivity contribution in [3.05, 3.63) is 425 Å². The quantitative estimate of drug-likeness (QED) is 0.0314. The van der Waals surface area contributed by atoms with Crippen LogP contribution in [-0.4, -0.2) is 97.3 Å². The van der Waals surface area contributed by atoms with Crippen molar-refractivity contribution in [1.82, 2.24) is 0 Å². The van der Waals surface area contributed by atoms with E-state index >= 15 is 0 Å². The highest BCUT2D eigenvalue weighted by Gasteiger charge is 2.14. The Bertz CT molecular complexity index is 4950. The molecule has 0 aromatic heterocycles. The lowest BCUT2D eigenvalue weighted by molar-refractivity contribution is -0.141. The second kappa shape index (κ2) is 76.5. The molecule has 135 heavy (non-hydrogen) atoms. The van der Waals surface area contributed by atoms with Gasteiger partial charge in [-0.3, -0.25) is 38.4 Å². The van der Waals surface area contributed by atoms with Gasteiger partial charge >= 0.3 is 41.8 Å². The standard InChI is InChI=1S/3C12H14O4.C12H14O3.4C8H8Br2.4C8H10/c1-15-11(13)7-9-4-3-5-10(6-9)8-12(14)16-2;2*1-15-11(13)7-9-5-3-4-6-10(9)8-12(14)16-2;1-9(13)7-10-3-5-11(6-4-10)8-12(14)15-2;9-5-7-1-2-8(6-10)4-3-7;9-5-7-2-1-3-8(4-7)6-10;2*9-5-7-3-1-2-4-8(7)6-10;1-7-3-5-8(2)6-4-7;1-7-4-3-5-8(2)6-7;2*1-7-5-3-4-6-8(7)2/h3*3-6H,7-8H2,1-2H3;3-6H,7-8H2,1-2H3;4*1-4H,5-6H2;4*3-6H,1-2H3. The van der Waals surface area contributed by atoms with E-state index in [1.807, 2.05) is 60.7 Å². The smallest absolute Gasteiger partial charge is 0.309 e. The highest BCUT2D eigenvalue weighted by molar-refractivity contribution is 9.09. The first kappa shape index (κ1) is 123. The summed E-state index contributed by atoms with van der Waals surface area (Å²) in [6, 6.07) is 96.5. The lowest BCUT2D eigenvalue weighted by atomic mass is 10.0. The van der Waals surface area contributed by atoms with Crippen molar-refractivity contribution in [3.63, 3.8) is 0 Å². The predicted molar refractivity (Wildman–Crippen MR) is 581 cm³/mol. The average Bonchev–Trinajstić information content (AvgIpc) is 0.871. The molecule has 0 spiro atoms. The number of hydrogen-bond acceptors (Lipinski definition) is 15. The number of benzene rings is 12. The average molecular weight is 2350 g/mol. The molecule has 0 aliphatic carbocycles. The number of halogens is 8. The third-order valence-corrected chi connectivity index (χ3v) is 24.4. The van der Waals surface area contributed by atoms with Crippen LogP contribution in [0.5, 0.6) is 0 Å². The summed E-state index contributed by atoms with van der Waals surface area (Å²) in [6.07, 6.45) is 1.83. The van der Waals surface area contributed by atoms with Gasteiger partial charge in [-0.25, -0.2) is 0 Å². The van der Waals surface area contributed by atoms with E-state index in [9.17, 15) is 38.4 Å².